The highest BCUT2D eigenvalue weighted by molar-refractivity contribution is 5.92. The second kappa shape index (κ2) is 10.0. The minimum atomic E-state index is -0.494. The quantitative estimate of drug-likeness (QED) is 0.528. The van der Waals surface area contributed by atoms with Gasteiger partial charge in [0, 0.05) is 24.3 Å². The number of nitrogens with one attached hydrogen (secondary N) is 1. The molecule has 0 unspecified atom stereocenters. The maximum Gasteiger partial charge on any atom is 0.273 e. The molecule has 1 fully saturated rings. The molecule has 0 saturated heterocycles. The van der Waals surface area contributed by atoms with Crippen LogP contribution in [0.3, 0.4) is 0 Å². The molecule has 1 aliphatic carbocycles. The first-order valence-electron chi connectivity index (χ1n) is 9.98. The number of carbonyl (C=O) groups is 1. The van der Waals surface area contributed by atoms with Gasteiger partial charge in [-0.3, -0.25) is 19.8 Å². The molecule has 1 N–H and O–H groups in total. The molecular weight excluding hydrogens is 370 g/mol. The summed E-state index contributed by atoms with van der Waals surface area (Å²) in [4.78, 5) is 25.1. The molecule has 0 bridgehead atoms. The zero-order valence-corrected chi connectivity index (χ0v) is 16.7. The Kier molecular flexibility index (Phi) is 7.19. The number of para-hydroxylation sites is 1. The number of hydrogen-bond donors (Lipinski definition) is 1. The Morgan fingerprint density at radius 1 is 1.17 bits per heavy atom. The van der Waals surface area contributed by atoms with Gasteiger partial charge in [-0.1, -0.05) is 43.5 Å². The average Bonchev–Trinajstić information content (AvgIpc) is 2.74. The maximum atomic E-state index is 12.4. The number of anilines is 1. The van der Waals surface area contributed by atoms with Crippen molar-refractivity contribution in [1.29, 1.82) is 0 Å². The number of nitro benzene ring substituents is 1. The molecule has 2 aromatic carbocycles. The van der Waals surface area contributed by atoms with Crippen LogP contribution in [0, 0.1) is 10.1 Å². The number of carbonyl (C=O) groups excluding carboxylic acids is 1. The summed E-state index contributed by atoms with van der Waals surface area (Å²) in [5, 5.41) is 13.7. The number of nitro groups is 1. The van der Waals surface area contributed by atoms with E-state index in [2.05, 4.69) is 17.3 Å². The summed E-state index contributed by atoms with van der Waals surface area (Å²) in [5.74, 6) is -0.0102. The van der Waals surface area contributed by atoms with Crippen LogP contribution < -0.4 is 10.1 Å². The van der Waals surface area contributed by atoms with Crippen LogP contribution in [0.2, 0.25) is 0 Å². The molecule has 0 atom stereocenters. The third-order valence-electron chi connectivity index (χ3n) is 5.31. The van der Waals surface area contributed by atoms with Crippen molar-refractivity contribution in [2.75, 3.05) is 19.0 Å². The van der Waals surface area contributed by atoms with E-state index in [0.717, 1.165) is 17.8 Å². The van der Waals surface area contributed by atoms with Gasteiger partial charge >= 0.3 is 0 Å². The highest BCUT2D eigenvalue weighted by Gasteiger charge is 2.19. The Morgan fingerprint density at radius 3 is 2.69 bits per heavy atom. The van der Waals surface area contributed by atoms with E-state index in [1.54, 1.807) is 6.07 Å². The number of non-ortho nitro benzene ring substituents is 1. The third-order valence-corrected chi connectivity index (χ3v) is 5.31. The van der Waals surface area contributed by atoms with Gasteiger partial charge in [0.15, 0.2) is 6.61 Å². The summed E-state index contributed by atoms with van der Waals surface area (Å²) in [7, 11) is 2.14. The first-order chi connectivity index (χ1) is 14.0. The number of nitrogens with zero attached hydrogens (tertiary/aromatic N) is 2. The minimum Gasteiger partial charge on any atom is -0.484 e. The van der Waals surface area contributed by atoms with Crippen LogP contribution in [-0.4, -0.2) is 35.4 Å². The van der Waals surface area contributed by atoms with Gasteiger partial charge in [-0.05, 0) is 37.6 Å². The van der Waals surface area contributed by atoms with Crippen molar-refractivity contribution >= 4 is 17.3 Å². The van der Waals surface area contributed by atoms with Crippen molar-refractivity contribution in [3.63, 3.8) is 0 Å². The van der Waals surface area contributed by atoms with Crippen LogP contribution in [0.15, 0.2) is 48.5 Å². The molecule has 7 nitrogen and oxygen atoms in total. The Hall–Kier alpha value is -2.93. The monoisotopic (exact) mass is 397 g/mol. The molecule has 1 saturated carbocycles. The Bertz CT molecular complexity index is 849. The van der Waals surface area contributed by atoms with E-state index in [1.165, 1.54) is 50.3 Å². The number of hydrogen-bond acceptors (Lipinski definition) is 5. The molecule has 0 heterocycles. The second-order valence-corrected chi connectivity index (χ2v) is 7.46. The summed E-state index contributed by atoms with van der Waals surface area (Å²) >= 11 is 0. The third kappa shape index (κ3) is 6.02. The summed E-state index contributed by atoms with van der Waals surface area (Å²) in [5.41, 5.74) is 1.76. The summed E-state index contributed by atoms with van der Waals surface area (Å²) in [6, 6.07) is 14.2. The van der Waals surface area contributed by atoms with Crippen molar-refractivity contribution in [2.45, 2.75) is 44.7 Å². The van der Waals surface area contributed by atoms with Crippen molar-refractivity contribution in [3.8, 4) is 5.75 Å². The molecule has 0 aromatic heterocycles. The number of rotatable bonds is 8. The van der Waals surface area contributed by atoms with E-state index in [4.69, 9.17) is 4.74 Å². The van der Waals surface area contributed by atoms with Crippen LogP contribution in [0.4, 0.5) is 11.4 Å². The van der Waals surface area contributed by atoms with Gasteiger partial charge in [-0.2, -0.15) is 0 Å². The zero-order chi connectivity index (χ0) is 20.6. The van der Waals surface area contributed by atoms with Crippen molar-refractivity contribution < 1.29 is 14.5 Å². The van der Waals surface area contributed by atoms with Crippen LogP contribution in [0.1, 0.15) is 37.7 Å². The highest BCUT2D eigenvalue weighted by atomic mass is 16.6. The smallest absolute Gasteiger partial charge is 0.273 e. The molecule has 0 aliphatic heterocycles. The van der Waals surface area contributed by atoms with E-state index >= 15 is 0 Å². The van der Waals surface area contributed by atoms with Gasteiger partial charge in [0.2, 0.25) is 0 Å². The fraction of sp³-hybridized carbons (Fsp3) is 0.409. The average molecular weight is 397 g/mol. The minimum absolute atomic E-state index is 0.0704. The highest BCUT2D eigenvalue weighted by Crippen LogP contribution is 2.25. The molecule has 0 spiro atoms. The summed E-state index contributed by atoms with van der Waals surface area (Å²) < 4.78 is 5.42. The first-order valence-corrected chi connectivity index (χ1v) is 9.98. The Morgan fingerprint density at radius 2 is 1.93 bits per heavy atom. The maximum absolute atomic E-state index is 12.4. The first kappa shape index (κ1) is 20.8. The molecule has 29 heavy (non-hydrogen) atoms. The van der Waals surface area contributed by atoms with Crippen molar-refractivity contribution in [1.82, 2.24) is 4.90 Å². The lowest BCUT2D eigenvalue weighted by molar-refractivity contribution is -0.384. The van der Waals surface area contributed by atoms with Crippen LogP contribution in [-0.2, 0) is 11.3 Å². The molecule has 1 amide bonds. The van der Waals surface area contributed by atoms with Gasteiger partial charge in [-0.25, -0.2) is 0 Å². The van der Waals surface area contributed by atoms with Crippen LogP contribution >= 0.6 is 0 Å². The zero-order valence-electron chi connectivity index (χ0n) is 16.7. The standard InChI is InChI=1S/C22H27N3O4/c1-24(18-9-3-2-4-10-18)15-17-8-5-6-13-21(17)23-22(26)16-29-20-12-7-11-19(14-20)25(27)28/h5-8,11-14,18H,2-4,9-10,15-16H2,1H3,(H,23,26). The molecule has 3 rings (SSSR count). The summed E-state index contributed by atoms with van der Waals surface area (Å²) in [6.07, 6.45) is 6.33. The van der Waals surface area contributed by atoms with Crippen molar-refractivity contribution in [3.05, 3.63) is 64.2 Å². The normalized spacial score (nSPS) is 14.6. The van der Waals surface area contributed by atoms with Crippen molar-refractivity contribution in [2.24, 2.45) is 0 Å². The van der Waals surface area contributed by atoms with E-state index in [0.29, 0.717) is 11.8 Å². The molecule has 0 radical (unpaired) electrons. The number of benzene rings is 2. The largest absolute Gasteiger partial charge is 0.484 e. The van der Waals surface area contributed by atoms with Crippen LogP contribution in [0.25, 0.3) is 0 Å². The Labute approximate surface area is 170 Å². The second-order valence-electron chi connectivity index (χ2n) is 7.46. The predicted molar refractivity (Wildman–Crippen MR) is 112 cm³/mol. The van der Waals surface area contributed by atoms with E-state index < -0.39 is 4.92 Å². The summed E-state index contributed by atoms with van der Waals surface area (Å²) in [6.45, 7) is 0.556. The fourth-order valence-corrected chi connectivity index (χ4v) is 3.72. The fourth-order valence-electron chi connectivity index (χ4n) is 3.72. The van der Waals surface area contributed by atoms with Gasteiger partial charge in [0.25, 0.3) is 11.6 Å². The molecule has 154 valence electrons. The lowest BCUT2D eigenvalue weighted by atomic mass is 9.94. The molecule has 2 aromatic rings. The molecule has 7 heteroatoms. The lowest BCUT2D eigenvalue weighted by Gasteiger charge is -2.31. The molecule has 1 aliphatic rings. The van der Waals surface area contributed by atoms with E-state index in [9.17, 15) is 14.9 Å². The van der Waals surface area contributed by atoms with Gasteiger partial charge in [0.05, 0.1) is 11.0 Å². The SMILES string of the molecule is CN(Cc1ccccc1NC(=O)COc1cccc([N+](=O)[O-])c1)C1CCCCC1. The van der Waals surface area contributed by atoms with Crippen LogP contribution in [0.5, 0.6) is 5.75 Å². The molecular formula is C22H27N3O4. The number of amides is 1. The van der Waals surface area contributed by atoms with E-state index in [1.807, 2.05) is 24.3 Å². The van der Waals surface area contributed by atoms with Gasteiger partial charge in [-0.15, -0.1) is 0 Å². The lowest BCUT2D eigenvalue weighted by Crippen LogP contribution is -2.33. The topological polar surface area (TPSA) is 84.7 Å². The number of ether oxygens (including phenoxy) is 1. The van der Waals surface area contributed by atoms with E-state index in [-0.39, 0.29) is 18.2 Å². The van der Waals surface area contributed by atoms with Gasteiger partial charge in [0.1, 0.15) is 5.75 Å². The Balaban J connectivity index is 1.57. The van der Waals surface area contributed by atoms with Gasteiger partial charge < -0.3 is 10.1 Å². The predicted octanol–water partition coefficient (Wildman–Crippen LogP) is 4.38.